The van der Waals surface area contributed by atoms with Gasteiger partial charge in [-0.1, -0.05) is 51.9 Å². The monoisotopic (exact) mass is 278 g/mol. The van der Waals surface area contributed by atoms with Crippen LogP contribution in [0.1, 0.15) is 69.7 Å². The topological polar surface area (TPSA) is 48.1 Å². The summed E-state index contributed by atoms with van der Waals surface area (Å²) in [7, 11) is 0. The number of hydrogen-bond donors (Lipinski definition) is 1. The van der Waals surface area contributed by atoms with Crippen LogP contribution in [-0.2, 0) is 6.54 Å². The van der Waals surface area contributed by atoms with Gasteiger partial charge in [0.25, 0.3) is 0 Å². The van der Waals surface area contributed by atoms with Gasteiger partial charge in [-0.25, -0.2) is 0 Å². The number of nitrogens with two attached hydrogens (primary N) is 1. The molecule has 1 aromatic rings. The fourth-order valence-electron chi connectivity index (χ4n) is 2.29. The van der Waals surface area contributed by atoms with E-state index in [1.54, 1.807) is 0 Å². The average molecular weight is 278 g/mol. The minimum atomic E-state index is 0.439. The zero-order chi connectivity index (χ0) is 14.6. The van der Waals surface area contributed by atoms with Gasteiger partial charge >= 0.3 is 0 Å². The lowest BCUT2D eigenvalue weighted by Crippen LogP contribution is -2.06. The smallest absolute Gasteiger partial charge is 0.142 e. The third-order valence-electron chi connectivity index (χ3n) is 3.52. The van der Waals surface area contributed by atoms with E-state index in [-0.39, 0.29) is 0 Å². The number of aromatic nitrogens is 1. The number of unbranched alkanes of at least 4 members (excludes halogenated alkanes) is 7. The van der Waals surface area contributed by atoms with Crippen molar-refractivity contribution in [2.45, 2.75) is 71.8 Å². The predicted octanol–water partition coefficient (Wildman–Crippen LogP) is 4.37. The van der Waals surface area contributed by atoms with E-state index in [4.69, 9.17) is 10.5 Å². The van der Waals surface area contributed by atoms with Crippen LogP contribution in [0, 0.1) is 6.92 Å². The summed E-state index contributed by atoms with van der Waals surface area (Å²) in [5, 5.41) is 0. The Morgan fingerprint density at radius 1 is 1.00 bits per heavy atom. The third kappa shape index (κ3) is 6.90. The zero-order valence-corrected chi connectivity index (χ0v) is 13.2. The summed E-state index contributed by atoms with van der Waals surface area (Å²) in [5.74, 6) is 0.848. The van der Waals surface area contributed by atoms with Gasteiger partial charge in [0.15, 0.2) is 0 Å². The van der Waals surface area contributed by atoms with Crippen molar-refractivity contribution in [1.29, 1.82) is 0 Å². The van der Waals surface area contributed by atoms with Gasteiger partial charge < -0.3 is 10.5 Å². The third-order valence-corrected chi connectivity index (χ3v) is 3.52. The van der Waals surface area contributed by atoms with Crippen LogP contribution in [0.15, 0.2) is 12.1 Å². The molecule has 0 aliphatic carbocycles. The number of rotatable bonds is 11. The molecular formula is C17H30N2O. The first-order chi connectivity index (χ1) is 9.77. The number of ether oxygens (including phenoxy) is 1. The summed E-state index contributed by atoms with van der Waals surface area (Å²) in [6, 6.07) is 3.96. The summed E-state index contributed by atoms with van der Waals surface area (Å²) in [4.78, 5) is 4.40. The summed E-state index contributed by atoms with van der Waals surface area (Å²) in [6.45, 7) is 5.44. The van der Waals surface area contributed by atoms with E-state index in [2.05, 4.69) is 11.9 Å². The maximum absolute atomic E-state index is 5.79. The van der Waals surface area contributed by atoms with Crippen LogP contribution in [0.25, 0.3) is 0 Å². The maximum Gasteiger partial charge on any atom is 0.142 e. The largest absolute Gasteiger partial charge is 0.492 e. The second kappa shape index (κ2) is 10.7. The Hall–Kier alpha value is -1.09. The maximum atomic E-state index is 5.79. The molecule has 0 amide bonds. The van der Waals surface area contributed by atoms with Crippen molar-refractivity contribution in [2.75, 3.05) is 6.61 Å². The van der Waals surface area contributed by atoms with Gasteiger partial charge in [-0.05, 0) is 25.5 Å². The molecule has 0 bridgehead atoms. The van der Waals surface area contributed by atoms with E-state index in [0.717, 1.165) is 30.2 Å². The molecule has 1 heterocycles. The molecule has 0 fully saturated rings. The molecule has 114 valence electrons. The van der Waals surface area contributed by atoms with Gasteiger partial charge in [-0.2, -0.15) is 0 Å². The highest BCUT2D eigenvalue weighted by Crippen LogP contribution is 2.17. The van der Waals surface area contributed by atoms with Crippen molar-refractivity contribution in [3.63, 3.8) is 0 Å². The summed E-state index contributed by atoms with van der Waals surface area (Å²) in [5.41, 5.74) is 7.54. The Labute approximate surface area is 123 Å². The minimum Gasteiger partial charge on any atom is -0.492 e. The molecule has 0 aliphatic heterocycles. The molecule has 0 unspecified atom stereocenters. The SMILES string of the molecule is CCCCCCCCCCOc1ccc(C)nc1CN. The molecule has 0 radical (unpaired) electrons. The standard InChI is InChI=1S/C17H30N2O/c1-3-4-5-6-7-8-9-10-13-20-17-12-11-15(2)19-16(17)14-18/h11-12H,3-10,13-14,18H2,1-2H3. The Morgan fingerprint density at radius 2 is 1.65 bits per heavy atom. The van der Waals surface area contributed by atoms with E-state index in [9.17, 15) is 0 Å². The fraction of sp³-hybridized carbons (Fsp3) is 0.706. The Balaban J connectivity index is 2.09. The summed E-state index contributed by atoms with van der Waals surface area (Å²) >= 11 is 0. The number of hydrogen-bond acceptors (Lipinski definition) is 3. The van der Waals surface area contributed by atoms with Crippen LogP contribution < -0.4 is 10.5 Å². The second-order valence-electron chi connectivity index (χ2n) is 5.42. The molecule has 20 heavy (non-hydrogen) atoms. The van der Waals surface area contributed by atoms with Crippen LogP contribution in [0.3, 0.4) is 0 Å². The van der Waals surface area contributed by atoms with Crippen molar-refractivity contribution >= 4 is 0 Å². The van der Waals surface area contributed by atoms with Crippen molar-refractivity contribution < 1.29 is 4.74 Å². The van der Waals surface area contributed by atoms with Crippen LogP contribution in [0.4, 0.5) is 0 Å². The molecular weight excluding hydrogens is 248 g/mol. The fourth-order valence-corrected chi connectivity index (χ4v) is 2.29. The highest BCUT2D eigenvalue weighted by Gasteiger charge is 2.03. The van der Waals surface area contributed by atoms with E-state index in [0.29, 0.717) is 6.54 Å². The van der Waals surface area contributed by atoms with Gasteiger partial charge in [-0.15, -0.1) is 0 Å². The first-order valence-corrected chi connectivity index (χ1v) is 8.07. The lowest BCUT2D eigenvalue weighted by Gasteiger charge is -2.10. The molecule has 1 rings (SSSR count). The number of nitrogens with zero attached hydrogens (tertiary/aromatic N) is 1. The van der Waals surface area contributed by atoms with Crippen LogP contribution in [0.5, 0.6) is 5.75 Å². The number of pyridine rings is 1. The molecule has 3 heteroatoms. The molecule has 0 aliphatic rings. The number of aryl methyl sites for hydroxylation is 1. The predicted molar refractivity (Wildman–Crippen MR) is 85.0 cm³/mol. The molecule has 3 nitrogen and oxygen atoms in total. The van der Waals surface area contributed by atoms with Gasteiger partial charge in [0, 0.05) is 12.2 Å². The quantitative estimate of drug-likeness (QED) is 0.611. The van der Waals surface area contributed by atoms with E-state index < -0.39 is 0 Å². The van der Waals surface area contributed by atoms with Gasteiger partial charge in [0.1, 0.15) is 5.75 Å². The van der Waals surface area contributed by atoms with Crippen LogP contribution in [0.2, 0.25) is 0 Å². The van der Waals surface area contributed by atoms with Gasteiger partial charge in [0.05, 0.1) is 12.3 Å². The lowest BCUT2D eigenvalue weighted by molar-refractivity contribution is 0.299. The Kier molecular flexibility index (Phi) is 9.05. The molecule has 0 spiro atoms. The van der Waals surface area contributed by atoms with E-state index in [1.165, 1.54) is 44.9 Å². The highest BCUT2D eigenvalue weighted by molar-refractivity contribution is 5.29. The zero-order valence-electron chi connectivity index (χ0n) is 13.2. The molecule has 1 aromatic heterocycles. The average Bonchev–Trinajstić information content (AvgIpc) is 2.46. The lowest BCUT2D eigenvalue weighted by atomic mass is 10.1. The van der Waals surface area contributed by atoms with Crippen molar-refractivity contribution in [3.8, 4) is 5.75 Å². The van der Waals surface area contributed by atoms with Crippen LogP contribution in [-0.4, -0.2) is 11.6 Å². The van der Waals surface area contributed by atoms with Crippen molar-refractivity contribution in [3.05, 3.63) is 23.5 Å². The van der Waals surface area contributed by atoms with Crippen molar-refractivity contribution in [1.82, 2.24) is 4.98 Å². The van der Waals surface area contributed by atoms with Gasteiger partial charge in [-0.3, -0.25) is 4.98 Å². The Bertz CT molecular complexity index is 366. The summed E-state index contributed by atoms with van der Waals surface area (Å²) < 4.78 is 5.79. The van der Waals surface area contributed by atoms with E-state index in [1.807, 2.05) is 19.1 Å². The normalized spacial score (nSPS) is 10.8. The molecule has 0 atom stereocenters. The summed E-state index contributed by atoms with van der Waals surface area (Å²) in [6.07, 6.45) is 10.5. The van der Waals surface area contributed by atoms with Crippen molar-refractivity contribution in [2.24, 2.45) is 5.73 Å². The minimum absolute atomic E-state index is 0.439. The molecule has 0 saturated carbocycles. The second-order valence-corrected chi connectivity index (χ2v) is 5.42. The molecule has 2 N–H and O–H groups in total. The Morgan fingerprint density at radius 3 is 2.30 bits per heavy atom. The molecule has 0 saturated heterocycles. The van der Waals surface area contributed by atoms with E-state index >= 15 is 0 Å². The first-order valence-electron chi connectivity index (χ1n) is 8.07. The first kappa shape index (κ1) is 17.0. The molecule has 0 aromatic carbocycles. The highest BCUT2D eigenvalue weighted by atomic mass is 16.5. The van der Waals surface area contributed by atoms with Crippen LogP contribution >= 0.6 is 0 Å². The van der Waals surface area contributed by atoms with Gasteiger partial charge in [0.2, 0.25) is 0 Å².